The molecule has 2 fully saturated rings. The van der Waals surface area contributed by atoms with Crippen molar-refractivity contribution in [2.75, 3.05) is 26.2 Å². The second kappa shape index (κ2) is 7.10. The van der Waals surface area contributed by atoms with Crippen molar-refractivity contribution in [1.29, 1.82) is 0 Å². The number of rotatable bonds is 5. The van der Waals surface area contributed by atoms with E-state index in [1.54, 1.807) is 0 Å². The van der Waals surface area contributed by atoms with E-state index in [0.717, 1.165) is 51.9 Å². The molecule has 0 bridgehead atoms. The molecule has 2 rings (SSSR count). The van der Waals surface area contributed by atoms with Crippen molar-refractivity contribution in [3.05, 3.63) is 0 Å². The standard InChI is InChI=1S/C14H26N2O2/c15-8-6-12-7-9-16(11-12)14(17)5-4-13-3-1-2-10-18-13/h12-13H,1-11,15H2. The Morgan fingerprint density at radius 2 is 2.17 bits per heavy atom. The van der Waals surface area contributed by atoms with Crippen LogP contribution in [0.1, 0.15) is 44.9 Å². The summed E-state index contributed by atoms with van der Waals surface area (Å²) in [6.45, 7) is 3.46. The van der Waals surface area contributed by atoms with Gasteiger partial charge in [0, 0.05) is 26.1 Å². The van der Waals surface area contributed by atoms with Gasteiger partial charge >= 0.3 is 0 Å². The summed E-state index contributed by atoms with van der Waals surface area (Å²) in [4.78, 5) is 14.1. The third-order valence-corrected chi connectivity index (χ3v) is 4.17. The van der Waals surface area contributed by atoms with Crippen LogP contribution in [0.5, 0.6) is 0 Å². The Bertz CT molecular complexity index is 265. The van der Waals surface area contributed by atoms with E-state index in [9.17, 15) is 4.79 Å². The van der Waals surface area contributed by atoms with Crippen LogP contribution in [0.2, 0.25) is 0 Å². The normalized spacial score (nSPS) is 28.6. The zero-order valence-electron chi connectivity index (χ0n) is 11.3. The third-order valence-electron chi connectivity index (χ3n) is 4.17. The van der Waals surface area contributed by atoms with Gasteiger partial charge in [0.2, 0.25) is 5.91 Å². The van der Waals surface area contributed by atoms with E-state index in [0.29, 0.717) is 24.3 Å². The van der Waals surface area contributed by atoms with Crippen LogP contribution in [-0.4, -0.2) is 43.2 Å². The van der Waals surface area contributed by atoms with E-state index in [1.807, 2.05) is 4.90 Å². The average molecular weight is 254 g/mol. The van der Waals surface area contributed by atoms with Crippen LogP contribution in [0.3, 0.4) is 0 Å². The molecular formula is C14H26N2O2. The van der Waals surface area contributed by atoms with Gasteiger partial charge in [0.1, 0.15) is 0 Å². The zero-order valence-corrected chi connectivity index (χ0v) is 11.3. The smallest absolute Gasteiger partial charge is 0.222 e. The second-order valence-corrected chi connectivity index (χ2v) is 5.60. The summed E-state index contributed by atoms with van der Waals surface area (Å²) >= 11 is 0. The Morgan fingerprint density at radius 3 is 2.89 bits per heavy atom. The summed E-state index contributed by atoms with van der Waals surface area (Å²) < 4.78 is 5.66. The maximum Gasteiger partial charge on any atom is 0.222 e. The minimum atomic E-state index is 0.309. The molecule has 0 saturated carbocycles. The summed E-state index contributed by atoms with van der Waals surface area (Å²) in [5, 5.41) is 0. The molecule has 2 heterocycles. The molecule has 104 valence electrons. The number of nitrogens with two attached hydrogens (primary N) is 1. The number of carbonyl (C=O) groups excluding carboxylic acids is 1. The first-order chi connectivity index (χ1) is 8.79. The number of hydrogen-bond donors (Lipinski definition) is 1. The molecule has 18 heavy (non-hydrogen) atoms. The maximum absolute atomic E-state index is 12.1. The Kier molecular flexibility index (Phi) is 5.45. The lowest BCUT2D eigenvalue weighted by molar-refractivity contribution is -0.131. The molecule has 0 radical (unpaired) electrons. The highest BCUT2D eigenvalue weighted by atomic mass is 16.5. The topological polar surface area (TPSA) is 55.6 Å². The number of nitrogens with zero attached hydrogens (tertiary/aromatic N) is 1. The number of likely N-dealkylation sites (tertiary alicyclic amines) is 1. The van der Waals surface area contributed by atoms with E-state index in [4.69, 9.17) is 10.5 Å². The molecule has 0 aromatic carbocycles. The molecule has 2 atom stereocenters. The monoisotopic (exact) mass is 254 g/mol. The van der Waals surface area contributed by atoms with Gasteiger partial charge in [-0.1, -0.05) is 0 Å². The Hall–Kier alpha value is -0.610. The van der Waals surface area contributed by atoms with Gasteiger partial charge in [0.05, 0.1) is 6.10 Å². The van der Waals surface area contributed by atoms with Crippen molar-refractivity contribution in [3.8, 4) is 0 Å². The Labute approximate surface area is 110 Å². The first-order valence-electron chi connectivity index (χ1n) is 7.39. The number of ether oxygens (including phenoxy) is 1. The average Bonchev–Trinajstić information content (AvgIpc) is 2.86. The second-order valence-electron chi connectivity index (χ2n) is 5.60. The van der Waals surface area contributed by atoms with E-state index in [-0.39, 0.29) is 0 Å². The molecule has 2 unspecified atom stereocenters. The van der Waals surface area contributed by atoms with E-state index in [1.165, 1.54) is 12.8 Å². The van der Waals surface area contributed by atoms with E-state index < -0.39 is 0 Å². The Balaban J connectivity index is 1.65. The fourth-order valence-electron chi connectivity index (χ4n) is 3.01. The first-order valence-corrected chi connectivity index (χ1v) is 7.39. The predicted molar refractivity (Wildman–Crippen MR) is 71.2 cm³/mol. The summed E-state index contributed by atoms with van der Waals surface area (Å²) in [6.07, 6.45) is 7.61. The summed E-state index contributed by atoms with van der Waals surface area (Å²) in [7, 11) is 0. The molecule has 4 heteroatoms. The summed E-state index contributed by atoms with van der Waals surface area (Å²) in [5.74, 6) is 0.938. The quantitative estimate of drug-likeness (QED) is 0.809. The highest BCUT2D eigenvalue weighted by molar-refractivity contribution is 5.76. The lowest BCUT2D eigenvalue weighted by Crippen LogP contribution is -2.30. The van der Waals surface area contributed by atoms with Gasteiger partial charge in [0.15, 0.2) is 0 Å². The molecule has 1 amide bonds. The van der Waals surface area contributed by atoms with E-state index in [2.05, 4.69) is 0 Å². The molecule has 0 aromatic rings. The predicted octanol–water partition coefficient (Wildman–Crippen LogP) is 1.53. The van der Waals surface area contributed by atoms with E-state index >= 15 is 0 Å². The molecule has 2 aliphatic heterocycles. The van der Waals surface area contributed by atoms with Gasteiger partial charge in [-0.25, -0.2) is 0 Å². The van der Waals surface area contributed by atoms with Crippen LogP contribution in [0.4, 0.5) is 0 Å². The minimum absolute atomic E-state index is 0.309. The van der Waals surface area contributed by atoms with Crippen molar-refractivity contribution in [2.24, 2.45) is 11.7 Å². The van der Waals surface area contributed by atoms with Crippen molar-refractivity contribution in [3.63, 3.8) is 0 Å². The SMILES string of the molecule is NCCC1CCN(C(=O)CCC2CCCCO2)C1. The highest BCUT2D eigenvalue weighted by Gasteiger charge is 2.26. The van der Waals surface area contributed by atoms with Crippen LogP contribution in [0, 0.1) is 5.92 Å². The van der Waals surface area contributed by atoms with Gasteiger partial charge in [-0.2, -0.15) is 0 Å². The summed E-state index contributed by atoms with van der Waals surface area (Å²) in [6, 6.07) is 0. The molecule has 0 aliphatic carbocycles. The number of carbonyl (C=O) groups is 1. The van der Waals surface area contributed by atoms with Crippen molar-refractivity contribution in [2.45, 2.75) is 51.0 Å². The van der Waals surface area contributed by atoms with Crippen molar-refractivity contribution in [1.82, 2.24) is 4.90 Å². The van der Waals surface area contributed by atoms with Crippen molar-refractivity contribution >= 4 is 5.91 Å². The van der Waals surface area contributed by atoms with Crippen LogP contribution in [0.15, 0.2) is 0 Å². The Morgan fingerprint density at radius 1 is 1.28 bits per heavy atom. The minimum Gasteiger partial charge on any atom is -0.378 e. The maximum atomic E-state index is 12.1. The first kappa shape index (κ1) is 13.8. The lowest BCUT2D eigenvalue weighted by atomic mass is 10.0. The van der Waals surface area contributed by atoms with Crippen LogP contribution < -0.4 is 5.73 Å². The zero-order chi connectivity index (χ0) is 12.8. The molecule has 2 aliphatic rings. The van der Waals surface area contributed by atoms with Gasteiger partial charge in [-0.15, -0.1) is 0 Å². The molecule has 0 spiro atoms. The lowest BCUT2D eigenvalue weighted by Gasteiger charge is -2.23. The van der Waals surface area contributed by atoms with Crippen LogP contribution in [-0.2, 0) is 9.53 Å². The van der Waals surface area contributed by atoms with Gasteiger partial charge in [-0.3, -0.25) is 4.79 Å². The summed E-state index contributed by atoms with van der Waals surface area (Å²) in [5.41, 5.74) is 5.57. The largest absolute Gasteiger partial charge is 0.378 e. The molecule has 2 N–H and O–H groups in total. The van der Waals surface area contributed by atoms with Crippen LogP contribution in [0.25, 0.3) is 0 Å². The third kappa shape index (κ3) is 3.95. The fourth-order valence-corrected chi connectivity index (χ4v) is 3.01. The molecule has 2 saturated heterocycles. The van der Waals surface area contributed by atoms with Gasteiger partial charge in [-0.05, 0) is 51.0 Å². The highest BCUT2D eigenvalue weighted by Crippen LogP contribution is 2.22. The van der Waals surface area contributed by atoms with Crippen LogP contribution >= 0.6 is 0 Å². The molecular weight excluding hydrogens is 228 g/mol. The fraction of sp³-hybridized carbons (Fsp3) is 0.929. The van der Waals surface area contributed by atoms with Crippen molar-refractivity contribution < 1.29 is 9.53 Å². The molecule has 0 aromatic heterocycles. The molecule has 4 nitrogen and oxygen atoms in total. The van der Waals surface area contributed by atoms with Gasteiger partial charge < -0.3 is 15.4 Å². The number of amides is 1. The van der Waals surface area contributed by atoms with Gasteiger partial charge in [0.25, 0.3) is 0 Å². The number of hydrogen-bond acceptors (Lipinski definition) is 3.